The van der Waals surface area contributed by atoms with Crippen LogP contribution in [0.3, 0.4) is 0 Å². The van der Waals surface area contributed by atoms with E-state index in [0.717, 1.165) is 50.8 Å². The maximum atomic E-state index is 14.0. The number of imide groups is 1. The van der Waals surface area contributed by atoms with Crippen molar-refractivity contribution in [2.75, 3.05) is 17.3 Å². The Labute approximate surface area is 266 Å². The van der Waals surface area contributed by atoms with Gasteiger partial charge in [0, 0.05) is 21.5 Å². The molecule has 2 aliphatic rings. The van der Waals surface area contributed by atoms with Gasteiger partial charge < -0.3 is 15.2 Å². The van der Waals surface area contributed by atoms with Gasteiger partial charge in [-0.15, -0.1) is 0 Å². The highest BCUT2D eigenvalue weighted by atomic mass is 35.5. The van der Waals surface area contributed by atoms with Gasteiger partial charge in [-0.25, -0.2) is 4.90 Å². The number of alkyl halides is 3. The molecular formula is C30H21ClF3N3O6S2. The number of hydrogen-bond acceptors (Lipinski definition) is 8. The van der Waals surface area contributed by atoms with Gasteiger partial charge >= 0.3 is 11.0 Å². The van der Waals surface area contributed by atoms with E-state index in [2.05, 4.69) is 5.32 Å². The first kappa shape index (κ1) is 30.7. The van der Waals surface area contributed by atoms with Crippen molar-refractivity contribution in [3.63, 3.8) is 0 Å². The zero-order valence-electron chi connectivity index (χ0n) is 23.0. The molecule has 3 amide bonds. The highest BCUT2D eigenvalue weighted by Gasteiger charge is 2.57. The molecule has 15 heteroatoms. The molecule has 3 atom stereocenters. The van der Waals surface area contributed by atoms with Crippen molar-refractivity contribution in [3.8, 4) is 11.5 Å². The number of carbonyl (C=O) groups excluding carboxylic acids is 3. The molecule has 3 unspecified atom stereocenters. The Kier molecular flexibility index (Phi) is 7.91. The van der Waals surface area contributed by atoms with Crippen LogP contribution < -0.4 is 19.8 Å². The fourth-order valence-corrected chi connectivity index (χ4v) is 8.36. The van der Waals surface area contributed by atoms with E-state index in [9.17, 15) is 37.5 Å². The summed E-state index contributed by atoms with van der Waals surface area (Å²) < 4.78 is 46.0. The smallest absolute Gasteiger partial charge is 0.416 e. The number of thioether (sulfide) groups is 1. The quantitative estimate of drug-likeness (QED) is 0.251. The predicted molar refractivity (Wildman–Crippen MR) is 162 cm³/mol. The number of nitrogens with zero attached hydrogens (tertiary/aromatic N) is 2. The number of rotatable bonds is 6. The van der Waals surface area contributed by atoms with E-state index in [4.69, 9.17) is 16.3 Å². The average molecular weight is 676 g/mol. The third-order valence-electron chi connectivity index (χ3n) is 7.47. The van der Waals surface area contributed by atoms with Crippen LogP contribution in [-0.2, 0) is 27.1 Å². The lowest BCUT2D eigenvalue weighted by Gasteiger charge is -2.31. The Morgan fingerprint density at radius 3 is 2.47 bits per heavy atom. The lowest BCUT2D eigenvalue weighted by Crippen LogP contribution is -2.33. The molecule has 4 aromatic rings. The van der Waals surface area contributed by atoms with Gasteiger partial charge in [0.1, 0.15) is 11.8 Å². The van der Waals surface area contributed by atoms with Gasteiger partial charge in [0.25, 0.3) is 0 Å². The minimum Gasteiger partial charge on any atom is -0.504 e. The average Bonchev–Trinajstić information content (AvgIpc) is 3.44. The lowest BCUT2D eigenvalue weighted by atomic mass is 9.83. The number of aromatic hydroxyl groups is 1. The molecule has 0 saturated carbocycles. The number of anilines is 2. The van der Waals surface area contributed by atoms with Crippen molar-refractivity contribution < 1.29 is 37.4 Å². The normalized spacial score (nSPS) is 19.3. The largest absolute Gasteiger partial charge is 0.504 e. The summed E-state index contributed by atoms with van der Waals surface area (Å²) in [6, 6.07) is 14.7. The molecule has 0 aliphatic carbocycles. The molecular weight excluding hydrogens is 655 g/mol. The second-order valence-electron chi connectivity index (χ2n) is 10.2. The first-order valence-electron chi connectivity index (χ1n) is 13.2. The third kappa shape index (κ3) is 5.57. The SMILES string of the molecule is COc1cc(C2c3sc(=O)n(CC(=O)Nc4cccc(C(F)(F)F)c4)c3SC3C(=O)N(c4ccc(Cl)cc4)C(=O)C32)ccc1O. The molecule has 9 nitrogen and oxygen atoms in total. The van der Waals surface area contributed by atoms with E-state index < -0.39 is 58.0 Å². The predicted octanol–water partition coefficient (Wildman–Crippen LogP) is 5.73. The van der Waals surface area contributed by atoms with E-state index in [-0.39, 0.29) is 22.2 Å². The van der Waals surface area contributed by atoms with E-state index >= 15 is 0 Å². The zero-order chi connectivity index (χ0) is 32.2. The summed E-state index contributed by atoms with van der Waals surface area (Å²) in [5.41, 5.74) is -0.257. The molecule has 2 N–H and O–H groups in total. The number of methoxy groups -OCH3 is 1. The standard InChI is InChI=1S/C30H21ClF3N3O6S2/c1-43-20-11-14(5-10-19(20)38)22-23-24(27(41)37(26(23)40)18-8-6-16(31)7-9-18)44-28-25(22)45-29(42)36(28)13-21(39)35-17-4-2-3-15(12-17)30(32,33)34/h2-12,22-24,38H,13H2,1H3,(H,35,39). The first-order chi connectivity index (χ1) is 21.4. The van der Waals surface area contributed by atoms with Crippen LogP contribution in [0.2, 0.25) is 5.02 Å². The molecule has 3 heterocycles. The Morgan fingerprint density at radius 2 is 1.78 bits per heavy atom. The minimum atomic E-state index is -4.62. The van der Waals surface area contributed by atoms with Gasteiger partial charge in [0.15, 0.2) is 11.5 Å². The van der Waals surface area contributed by atoms with E-state index in [1.54, 1.807) is 30.3 Å². The van der Waals surface area contributed by atoms with Crippen LogP contribution in [0, 0.1) is 5.92 Å². The molecule has 0 bridgehead atoms. The van der Waals surface area contributed by atoms with Crippen LogP contribution in [0.25, 0.3) is 0 Å². The number of benzene rings is 3. The fraction of sp³-hybridized carbons (Fsp3) is 0.200. The van der Waals surface area contributed by atoms with Gasteiger partial charge in [-0.1, -0.05) is 46.8 Å². The highest BCUT2D eigenvalue weighted by Crippen LogP contribution is 2.54. The summed E-state index contributed by atoms with van der Waals surface area (Å²) in [5.74, 6) is -3.63. The summed E-state index contributed by atoms with van der Waals surface area (Å²) in [6.07, 6.45) is -4.62. The molecule has 232 valence electrons. The number of nitrogens with one attached hydrogen (secondary N) is 1. The number of hydrogen-bond donors (Lipinski definition) is 2. The van der Waals surface area contributed by atoms with Gasteiger partial charge in [0.2, 0.25) is 17.7 Å². The molecule has 1 saturated heterocycles. The van der Waals surface area contributed by atoms with Gasteiger partial charge in [-0.2, -0.15) is 13.2 Å². The van der Waals surface area contributed by atoms with Crippen LogP contribution in [-0.4, -0.2) is 39.8 Å². The van der Waals surface area contributed by atoms with Crippen molar-refractivity contribution in [1.82, 2.24) is 4.57 Å². The molecule has 0 spiro atoms. The minimum absolute atomic E-state index is 0.107. The molecule has 1 aromatic heterocycles. The van der Waals surface area contributed by atoms with E-state index in [0.29, 0.717) is 21.2 Å². The van der Waals surface area contributed by atoms with Gasteiger partial charge in [-0.05, 0) is 60.2 Å². The molecule has 3 aromatic carbocycles. The number of ether oxygens (including phenoxy) is 1. The third-order valence-corrected chi connectivity index (χ3v) is 10.3. The number of carbonyl (C=O) groups is 3. The molecule has 1 fully saturated rings. The number of aromatic nitrogens is 1. The first-order valence-corrected chi connectivity index (χ1v) is 15.3. The fourth-order valence-electron chi connectivity index (χ4n) is 5.46. The number of phenolic OH excluding ortho intramolecular Hbond substituents is 1. The summed E-state index contributed by atoms with van der Waals surface area (Å²) in [5, 5.41) is 12.3. The topological polar surface area (TPSA) is 118 Å². The van der Waals surface area contributed by atoms with Gasteiger partial charge in [0.05, 0.1) is 29.3 Å². The van der Waals surface area contributed by atoms with E-state index in [1.807, 2.05) is 0 Å². The number of halogens is 4. The van der Waals surface area contributed by atoms with Crippen molar-refractivity contribution >= 4 is 63.8 Å². The number of amides is 3. The maximum Gasteiger partial charge on any atom is 0.416 e. The van der Waals surface area contributed by atoms with Crippen LogP contribution in [0.4, 0.5) is 24.5 Å². The van der Waals surface area contributed by atoms with Gasteiger partial charge in [-0.3, -0.25) is 23.7 Å². The second-order valence-corrected chi connectivity index (χ2v) is 12.8. The van der Waals surface area contributed by atoms with Crippen molar-refractivity contribution in [2.45, 2.75) is 28.9 Å². The Morgan fingerprint density at radius 1 is 1.04 bits per heavy atom. The Bertz CT molecular complexity index is 1910. The van der Waals surface area contributed by atoms with Crippen LogP contribution in [0.5, 0.6) is 11.5 Å². The lowest BCUT2D eigenvalue weighted by molar-refractivity contribution is -0.137. The monoisotopic (exact) mass is 675 g/mol. The van der Waals surface area contributed by atoms with E-state index in [1.165, 1.54) is 25.3 Å². The second kappa shape index (κ2) is 11.6. The van der Waals surface area contributed by atoms with Crippen LogP contribution >= 0.6 is 34.7 Å². The van der Waals surface area contributed by atoms with Crippen molar-refractivity contribution in [1.29, 1.82) is 0 Å². The Balaban J connectivity index is 1.40. The molecule has 0 radical (unpaired) electrons. The van der Waals surface area contributed by atoms with Crippen molar-refractivity contribution in [2.24, 2.45) is 5.92 Å². The maximum absolute atomic E-state index is 14.0. The number of phenols is 1. The molecule has 45 heavy (non-hydrogen) atoms. The number of fused-ring (bicyclic) bond motifs is 2. The highest BCUT2D eigenvalue weighted by molar-refractivity contribution is 8.00. The molecule has 2 aliphatic heterocycles. The summed E-state index contributed by atoms with van der Waals surface area (Å²) in [4.78, 5) is 55.1. The summed E-state index contributed by atoms with van der Waals surface area (Å²) in [6.45, 7) is -0.556. The van der Waals surface area contributed by atoms with Crippen LogP contribution in [0.15, 0.2) is 76.6 Å². The molecule has 6 rings (SSSR count). The number of thiazole rings is 1. The zero-order valence-corrected chi connectivity index (χ0v) is 25.4. The Hall–Kier alpha value is -4.27. The van der Waals surface area contributed by atoms with Crippen LogP contribution in [0.1, 0.15) is 21.9 Å². The van der Waals surface area contributed by atoms with Crippen molar-refractivity contribution in [3.05, 3.63) is 97.4 Å². The summed E-state index contributed by atoms with van der Waals surface area (Å²) in [7, 11) is 1.36. The summed E-state index contributed by atoms with van der Waals surface area (Å²) >= 11 is 7.80.